The van der Waals surface area contributed by atoms with Crippen LogP contribution in [-0.4, -0.2) is 40.2 Å². The summed E-state index contributed by atoms with van der Waals surface area (Å²) in [4.78, 5) is 15.1. The molecule has 9 nitrogen and oxygen atoms in total. The van der Waals surface area contributed by atoms with Gasteiger partial charge in [0.05, 0.1) is 26.6 Å². The van der Waals surface area contributed by atoms with Crippen molar-refractivity contribution in [2.75, 3.05) is 19.5 Å². The zero-order chi connectivity index (χ0) is 18.8. The summed E-state index contributed by atoms with van der Waals surface area (Å²) in [6.45, 7) is 3.96. The van der Waals surface area contributed by atoms with E-state index < -0.39 is 0 Å². The normalized spacial score (nSPS) is 9.28. The number of nitrogens with one attached hydrogen (secondary N) is 1. The van der Waals surface area contributed by atoms with E-state index >= 15 is 0 Å². The molecule has 1 N–H and O–H groups in total. The summed E-state index contributed by atoms with van der Waals surface area (Å²) in [7, 11) is 2.99. The van der Waals surface area contributed by atoms with Crippen molar-refractivity contribution in [3.63, 3.8) is 0 Å². The van der Waals surface area contributed by atoms with Crippen molar-refractivity contribution in [3.05, 3.63) is 29.2 Å². The van der Waals surface area contributed by atoms with Crippen molar-refractivity contribution in [2.24, 2.45) is 0 Å². The third kappa shape index (κ3) is 6.09. The predicted molar refractivity (Wildman–Crippen MR) is 90.4 cm³/mol. The van der Waals surface area contributed by atoms with Gasteiger partial charge in [0.1, 0.15) is 12.1 Å². The first kappa shape index (κ1) is 19.9. The summed E-state index contributed by atoms with van der Waals surface area (Å²) in [6.07, 6.45) is 2.84. The van der Waals surface area contributed by atoms with Gasteiger partial charge < -0.3 is 14.8 Å². The van der Waals surface area contributed by atoms with Gasteiger partial charge in [-0.2, -0.15) is 15.5 Å². The highest BCUT2D eigenvalue weighted by atomic mass is 35.5. The molecule has 2 heterocycles. The molecule has 0 unspecified atom stereocenters. The minimum absolute atomic E-state index is 0.0378. The average molecular weight is 362 g/mol. The largest absolute Gasteiger partial charge is 0.492 e. The van der Waals surface area contributed by atoms with E-state index in [-0.39, 0.29) is 22.8 Å². The highest BCUT2D eigenvalue weighted by molar-refractivity contribution is 6.30. The SMILES string of the molecule is COc1cnc(C#N)nc1Cl.COc1cnc(C#N)nc1NC(C)C. The molecule has 10 heteroatoms. The molecule has 0 aliphatic carbocycles. The quantitative estimate of drug-likeness (QED) is 0.814. The number of ether oxygens (including phenoxy) is 2. The maximum atomic E-state index is 8.62. The molecule has 0 saturated carbocycles. The van der Waals surface area contributed by atoms with Crippen molar-refractivity contribution in [3.8, 4) is 23.6 Å². The third-order valence-electron chi connectivity index (χ3n) is 2.53. The Labute approximate surface area is 150 Å². The zero-order valence-corrected chi connectivity index (χ0v) is 14.9. The molecule has 0 aliphatic heterocycles. The number of hydrogen-bond donors (Lipinski definition) is 1. The Morgan fingerprint density at radius 1 is 1.00 bits per heavy atom. The molecule has 0 fully saturated rings. The molecule has 2 aromatic heterocycles. The van der Waals surface area contributed by atoms with Crippen molar-refractivity contribution in [1.29, 1.82) is 10.5 Å². The fourth-order valence-electron chi connectivity index (χ4n) is 1.49. The first-order valence-corrected chi connectivity index (χ1v) is 7.37. The summed E-state index contributed by atoms with van der Waals surface area (Å²) in [5.74, 6) is 1.63. The Hall–Kier alpha value is -3.17. The van der Waals surface area contributed by atoms with E-state index in [1.54, 1.807) is 6.07 Å². The zero-order valence-electron chi connectivity index (χ0n) is 14.1. The van der Waals surface area contributed by atoms with Gasteiger partial charge in [-0.1, -0.05) is 11.6 Å². The second-order valence-corrected chi connectivity index (χ2v) is 5.04. The average Bonchev–Trinajstić information content (AvgIpc) is 2.61. The van der Waals surface area contributed by atoms with Gasteiger partial charge in [-0.05, 0) is 13.8 Å². The van der Waals surface area contributed by atoms with Crippen LogP contribution in [-0.2, 0) is 0 Å². The minimum Gasteiger partial charge on any atom is -0.492 e. The molecule has 0 radical (unpaired) electrons. The lowest BCUT2D eigenvalue weighted by Gasteiger charge is -2.11. The van der Waals surface area contributed by atoms with Crippen LogP contribution >= 0.6 is 11.6 Å². The first-order valence-electron chi connectivity index (χ1n) is 6.99. The monoisotopic (exact) mass is 361 g/mol. The summed E-state index contributed by atoms with van der Waals surface area (Å²) >= 11 is 5.58. The molecule has 0 atom stereocenters. The van der Waals surface area contributed by atoms with Gasteiger partial charge in [0.15, 0.2) is 22.5 Å². The van der Waals surface area contributed by atoms with Crippen LogP contribution in [0.4, 0.5) is 5.82 Å². The van der Waals surface area contributed by atoms with Crippen molar-refractivity contribution in [1.82, 2.24) is 19.9 Å². The molecular formula is C15H16ClN7O2. The number of anilines is 1. The molecule has 2 aromatic rings. The van der Waals surface area contributed by atoms with Gasteiger partial charge in [0, 0.05) is 6.04 Å². The standard InChI is InChI=1S/C9H12N4O.C6H4ClN3O/c1-6(2)12-9-7(14-3)5-11-8(4-10)13-9;1-11-4-3-9-5(2-8)10-6(4)7/h5-6H,1-3H3,(H,11,12,13);3H,1H3. The van der Waals surface area contributed by atoms with Crippen LogP contribution in [0.25, 0.3) is 0 Å². The molecule has 2 rings (SSSR count). The molecule has 25 heavy (non-hydrogen) atoms. The molecule has 130 valence electrons. The third-order valence-corrected chi connectivity index (χ3v) is 2.80. The highest BCUT2D eigenvalue weighted by Crippen LogP contribution is 2.20. The van der Waals surface area contributed by atoms with E-state index in [0.29, 0.717) is 17.3 Å². The fraction of sp³-hybridized carbons (Fsp3) is 0.333. The van der Waals surface area contributed by atoms with Crippen LogP contribution in [0.1, 0.15) is 25.5 Å². The molecule has 0 spiro atoms. The van der Waals surface area contributed by atoms with Crippen molar-refractivity contribution in [2.45, 2.75) is 19.9 Å². The molecular weight excluding hydrogens is 346 g/mol. The lowest BCUT2D eigenvalue weighted by molar-refractivity contribution is 0.411. The van der Waals surface area contributed by atoms with Crippen LogP contribution in [0.5, 0.6) is 11.5 Å². The smallest absolute Gasteiger partial charge is 0.234 e. The van der Waals surface area contributed by atoms with Crippen LogP contribution in [0.3, 0.4) is 0 Å². The molecule has 0 saturated heterocycles. The van der Waals surface area contributed by atoms with E-state index in [1.165, 1.54) is 26.6 Å². The topological polar surface area (TPSA) is 130 Å². The Kier molecular flexibility index (Phi) is 7.83. The van der Waals surface area contributed by atoms with E-state index in [1.807, 2.05) is 19.9 Å². The Morgan fingerprint density at radius 2 is 1.52 bits per heavy atom. The molecule has 0 bridgehead atoms. The summed E-state index contributed by atoms with van der Waals surface area (Å²) in [5, 5.41) is 20.2. The van der Waals surface area contributed by atoms with E-state index in [9.17, 15) is 0 Å². The second kappa shape index (κ2) is 9.85. The maximum Gasteiger partial charge on any atom is 0.234 e. The van der Waals surface area contributed by atoms with Gasteiger partial charge in [0.25, 0.3) is 0 Å². The Bertz CT molecular complexity index is 799. The van der Waals surface area contributed by atoms with Gasteiger partial charge in [0.2, 0.25) is 11.6 Å². The van der Waals surface area contributed by atoms with Crippen LogP contribution in [0.15, 0.2) is 12.4 Å². The summed E-state index contributed by atoms with van der Waals surface area (Å²) in [5.41, 5.74) is 0. The number of hydrogen-bond acceptors (Lipinski definition) is 9. The van der Waals surface area contributed by atoms with Crippen molar-refractivity contribution >= 4 is 17.4 Å². The predicted octanol–water partition coefficient (Wildman–Crippen LogP) is 2.19. The summed E-state index contributed by atoms with van der Waals surface area (Å²) in [6, 6.07) is 3.86. The van der Waals surface area contributed by atoms with E-state index in [4.69, 9.17) is 31.6 Å². The van der Waals surface area contributed by atoms with Gasteiger partial charge in [-0.3, -0.25) is 0 Å². The first-order chi connectivity index (χ1) is 11.9. The fourth-order valence-corrected chi connectivity index (χ4v) is 1.70. The summed E-state index contributed by atoms with van der Waals surface area (Å²) < 4.78 is 9.83. The van der Waals surface area contributed by atoms with Gasteiger partial charge in [-0.25, -0.2) is 15.0 Å². The van der Waals surface area contributed by atoms with Crippen LogP contribution in [0.2, 0.25) is 5.15 Å². The number of halogens is 1. The second-order valence-electron chi connectivity index (χ2n) is 4.69. The molecule has 0 aliphatic rings. The Balaban J connectivity index is 0.000000257. The van der Waals surface area contributed by atoms with E-state index in [0.717, 1.165) is 0 Å². The number of nitrogens with zero attached hydrogens (tertiary/aromatic N) is 6. The highest BCUT2D eigenvalue weighted by Gasteiger charge is 2.07. The van der Waals surface area contributed by atoms with Gasteiger partial charge in [-0.15, -0.1) is 0 Å². The number of rotatable bonds is 4. The van der Waals surface area contributed by atoms with Crippen LogP contribution in [0, 0.1) is 22.7 Å². The molecule has 0 aromatic carbocycles. The van der Waals surface area contributed by atoms with Crippen LogP contribution < -0.4 is 14.8 Å². The van der Waals surface area contributed by atoms with E-state index in [2.05, 4.69) is 25.3 Å². The van der Waals surface area contributed by atoms with Crippen molar-refractivity contribution < 1.29 is 9.47 Å². The lowest BCUT2D eigenvalue weighted by atomic mass is 10.4. The lowest BCUT2D eigenvalue weighted by Crippen LogP contribution is -2.13. The number of methoxy groups -OCH3 is 2. The Morgan fingerprint density at radius 3 is 1.96 bits per heavy atom. The van der Waals surface area contributed by atoms with Gasteiger partial charge >= 0.3 is 0 Å². The maximum absolute atomic E-state index is 8.62. The number of aromatic nitrogens is 4. The molecule has 0 amide bonds. The number of nitriles is 2. The minimum atomic E-state index is 0.0378.